The Labute approximate surface area is 137 Å². The Balaban J connectivity index is 1.70. The number of ether oxygens (including phenoxy) is 1. The topological polar surface area (TPSA) is 49.9 Å². The second-order valence-electron chi connectivity index (χ2n) is 6.30. The number of likely N-dealkylation sites (tertiary alicyclic amines) is 1. The maximum absolute atomic E-state index is 13.0. The van der Waals surface area contributed by atoms with E-state index >= 15 is 0 Å². The third kappa shape index (κ3) is 3.05. The summed E-state index contributed by atoms with van der Waals surface area (Å²) in [6, 6.07) is 5.07. The van der Waals surface area contributed by atoms with E-state index in [0.29, 0.717) is 19.5 Å². The summed E-state index contributed by atoms with van der Waals surface area (Å²) in [7, 11) is 1.61. The summed E-state index contributed by atoms with van der Waals surface area (Å²) in [6.45, 7) is 0.971. The number of carbonyl (C=O) groups excluding carboxylic acids is 2. The van der Waals surface area contributed by atoms with E-state index in [2.05, 4.69) is 0 Å². The molecule has 5 nitrogen and oxygen atoms in total. The number of benzene rings is 1. The average molecular weight is 342 g/mol. The summed E-state index contributed by atoms with van der Waals surface area (Å²) in [6.07, 6.45) is -4.76. The van der Waals surface area contributed by atoms with Crippen LogP contribution in [0.3, 0.4) is 0 Å². The van der Waals surface area contributed by atoms with E-state index in [4.69, 9.17) is 4.74 Å². The number of amides is 2. The first-order valence-electron chi connectivity index (χ1n) is 7.57. The molecule has 0 bridgehead atoms. The number of nitrogens with zero attached hydrogens (tertiary/aromatic N) is 2. The average Bonchev–Trinajstić information content (AvgIpc) is 3.02. The number of rotatable bonds is 2. The zero-order valence-corrected chi connectivity index (χ0v) is 13.1. The molecule has 0 aromatic heterocycles. The van der Waals surface area contributed by atoms with Crippen molar-refractivity contribution >= 4 is 12.0 Å². The summed E-state index contributed by atoms with van der Waals surface area (Å²) in [5.41, 5.74) is -1.57. The van der Waals surface area contributed by atoms with Crippen LogP contribution in [0.5, 0.6) is 0 Å². The van der Waals surface area contributed by atoms with Crippen LogP contribution in [-0.2, 0) is 22.1 Å². The number of hydrogen-bond donors (Lipinski definition) is 0. The molecule has 2 heterocycles. The van der Waals surface area contributed by atoms with E-state index in [-0.39, 0.29) is 18.5 Å². The zero-order valence-electron chi connectivity index (χ0n) is 13.1. The van der Waals surface area contributed by atoms with E-state index in [1.54, 1.807) is 7.05 Å². The van der Waals surface area contributed by atoms with Gasteiger partial charge in [-0.2, -0.15) is 13.2 Å². The van der Waals surface area contributed by atoms with Crippen LogP contribution in [0.25, 0.3) is 0 Å². The quantitative estimate of drug-likeness (QED) is 0.829. The Morgan fingerprint density at radius 3 is 2.62 bits per heavy atom. The summed E-state index contributed by atoms with van der Waals surface area (Å²) in [5.74, 6) is -0.394. The highest BCUT2D eigenvalue weighted by Crippen LogP contribution is 2.34. The van der Waals surface area contributed by atoms with Gasteiger partial charge in [0.15, 0.2) is 5.60 Å². The van der Waals surface area contributed by atoms with Crippen LogP contribution in [-0.4, -0.2) is 54.1 Å². The molecule has 1 atom stereocenters. The van der Waals surface area contributed by atoms with Gasteiger partial charge < -0.3 is 14.5 Å². The Bertz CT molecular complexity index is 677. The van der Waals surface area contributed by atoms with Crippen molar-refractivity contribution in [2.45, 2.75) is 24.6 Å². The molecule has 1 aromatic carbocycles. The molecule has 0 radical (unpaired) electrons. The molecular weight excluding hydrogens is 325 g/mol. The molecule has 24 heavy (non-hydrogen) atoms. The van der Waals surface area contributed by atoms with Gasteiger partial charge in [-0.3, -0.25) is 4.79 Å². The number of hydrogen-bond acceptors (Lipinski definition) is 3. The molecule has 1 unspecified atom stereocenters. The maximum Gasteiger partial charge on any atom is 0.416 e. The first kappa shape index (κ1) is 16.6. The second-order valence-corrected chi connectivity index (χ2v) is 6.30. The van der Waals surface area contributed by atoms with E-state index in [1.165, 1.54) is 28.0 Å². The van der Waals surface area contributed by atoms with Crippen LogP contribution in [0, 0.1) is 0 Å². The molecule has 1 aromatic rings. The van der Waals surface area contributed by atoms with E-state index < -0.39 is 29.3 Å². The smallest absolute Gasteiger partial charge is 0.416 e. The highest BCUT2D eigenvalue weighted by atomic mass is 19.4. The molecule has 2 aliphatic rings. The third-order valence-corrected chi connectivity index (χ3v) is 4.47. The standard InChI is InChI=1S/C16H17F3N2O3/c1-20-9-15(24-14(20)23)6-7-21(10-15)13(22)8-11-4-2-3-5-12(11)16(17,18)19/h2-5H,6-10H2,1H3. The lowest BCUT2D eigenvalue weighted by Crippen LogP contribution is -2.39. The minimum Gasteiger partial charge on any atom is -0.439 e. The van der Waals surface area contributed by atoms with Gasteiger partial charge in [0.05, 0.1) is 25.1 Å². The number of likely N-dealkylation sites (N-methyl/N-ethyl adjacent to an activating group) is 1. The third-order valence-electron chi connectivity index (χ3n) is 4.47. The van der Waals surface area contributed by atoms with Crippen LogP contribution in [0.2, 0.25) is 0 Å². The van der Waals surface area contributed by atoms with Crippen LogP contribution >= 0.6 is 0 Å². The summed E-state index contributed by atoms with van der Waals surface area (Å²) in [5, 5.41) is 0. The first-order valence-corrected chi connectivity index (χ1v) is 7.57. The fourth-order valence-electron chi connectivity index (χ4n) is 3.29. The lowest BCUT2D eigenvalue weighted by molar-refractivity contribution is -0.138. The summed E-state index contributed by atoms with van der Waals surface area (Å²) >= 11 is 0. The lowest BCUT2D eigenvalue weighted by atomic mass is 10.0. The first-order chi connectivity index (χ1) is 11.2. The number of halogens is 3. The van der Waals surface area contributed by atoms with Gasteiger partial charge in [0.2, 0.25) is 5.91 Å². The highest BCUT2D eigenvalue weighted by molar-refractivity contribution is 5.80. The molecule has 1 spiro atoms. The predicted octanol–water partition coefficient (Wildman–Crippen LogP) is 2.30. The van der Waals surface area contributed by atoms with Gasteiger partial charge in [0.25, 0.3) is 0 Å². The molecule has 2 aliphatic heterocycles. The van der Waals surface area contributed by atoms with Gasteiger partial charge in [-0.1, -0.05) is 18.2 Å². The van der Waals surface area contributed by atoms with Crippen molar-refractivity contribution in [1.29, 1.82) is 0 Å². The predicted molar refractivity (Wildman–Crippen MR) is 78.2 cm³/mol. The molecule has 2 amide bonds. The van der Waals surface area contributed by atoms with E-state index in [1.807, 2.05) is 0 Å². The van der Waals surface area contributed by atoms with Crippen LogP contribution in [0.1, 0.15) is 17.5 Å². The van der Waals surface area contributed by atoms with Crippen molar-refractivity contribution < 1.29 is 27.5 Å². The lowest BCUT2D eigenvalue weighted by Gasteiger charge is -2.22. The van der Waals surface area contributed by atoms with Gasteiger partial charge in [-0.05, 0) is 11.6 Å². The number of alkyl halides is 3. The molecule has 2 saturated heterocycles. The van der Waals surface area contributed by atoms with E-state index in [9.17, 15) is 22.8 Å². The minimum absolute atomic E-state index is 0.0449. The molecular formula is C16H17F3N2O3. The Hall–Kier alpha value is -2.25. The Morgan fingerprint density at radius 2 is 2.00 bits per heavy atom. The highest BCUT2D eigenvalue weighted by Gasteiger charge is 2.49. The fraction of sp³-hybridized carbons (Fsp3) is 0.500. The molecule has 8 heteroatoms. The van der Waals surface area contributed by atoms with Gasteiger partial charge in [-0.25, -0.2) is 4.79 Å². The summed E-state index contributed by atoms with van der Waals surface area (Å²) in [4.78, 5) is 26.8. The zero-order chi connectivity index (χ0) is 17.5. The minimum atomic E-state index is -4.49. The van der Waals surface area contributed by atoms with Crippen molar-refractivity contribution in [1.82, 2.24) is 9.80 Å². The second kappa shape index (κ2) is 5.68. The van der Waals surface area contributed by atoms with Crippen molar-refractivity contribution in [3.63, 3.8) is 0 Å². The molecule has 0 saturated carbocycles. The largest absolute Gasteiger partial charge is 0.439 e. The molecule has 2 fully saturated rings. The maximum atomic E-state index is 13.0. The van der Waals surface area contributed by atoms with Crippen molar-refractivity contribution in [3.8, 4) is 0 Å². The number of carbonyl (C=O) groups is 2. The molecule has 3 rings (SSSR count). The Kier molecular flexibility index (Phi) is 3.93. The van der Waals surface area contributed by atoms with Crippen molar-refractivity contribution in [2.24, 2.45) is 0 Å². The molecule has 130 valence electrons. The molecule has 0 N–H and O–H groups in total. The normalized spacial score (nSPS) is 23.9. The summed E-state index contributed by atoms with van der Waals surface area (Å²) < 4.78 is 44.4. The van der Waals surface area contributed by atoms with Gasteiger partial charge in [0.1, 0.15) is 0 Å². The van der Waals surface area contributed by atoms with E-state index in [0.717, 1.165) is 6.07 Å². The fourth-order valence-corrected chi connectivity index (χ4v) is 3.29. The van der Waals surface area contributed by atoms with Crippen molar-refractivity contribution in [3.05, 3.63) is 35.4 Å². The van der Waals surface area contributed by atoms with Gasteiger partial charge in [0, 0.05) is 20.0 Å². The monoisotopic (exact) mass is 342 g/mol. The SMILES string of the molecule is CN1CC2(CCN(C(=O)Cc3ccccc3C(F)(F)F)C2)OC1=O. The van der Waals surface area contributed by atoms with Gasteiger partial charge in [-0.15, -0.1) is 0 Å². The Morgan fingerprint density at radius 1 is 1.29 bits per heavy atom. The van der Waals surface area contributed by atoms with Crippen LogP contribution < -0.4 is 0 Å². The molecule has 0 aliphatic carbocycles. The van der Waals surface area contributed by atoms with Crippen LogP contribution in [0.15, 0.2) is 24.3 Å². The van der Waals surface area contributed by atoms with Crippen LogP contribution in [0.4, 0.5) is 18.0 Å². The van der Waals surface area contributed by atoms with Crippen molar-refractivity contribution in [2.75, 3.05) is 26.7 Å². The van der Waals surface area contributed by atoms with Gasteiger partial charge >= 0.3 is 12.3 Å².